The second-order valence-electron chi connectivity index (χ2n) is 11.3. The molecule has 0 saturated heterocycles. The highest BCUT2D eigenvalue weighted by Crippen LogP contribution is 2.48. The highest BCUT2D eigenvalue weighted by molar-refractivity contribution is 5.56. The molecule has 7 rings (SSSR count). The monoisotopic (exact) mass is 647 g/mol. The normalized spacial score (nSPS) is 18.9. The van der Waals surface area contributed by atoms with Crippen LogP contribution in [0.5, 0.6) is 23.5 Å². The fourth-order valence-electron chi connectivity index (χ4n) is 5.67. The first-order valence-electron chi connectivity index (χ1n) is 16.3. The molecule has 1 fully saturated rings. The van der Waals surface area contributed by atoms with Crippen LogP contribution in [-0.4, -0.2) is 77.8 Å². The highest BCUT2D eigenvalue weighted by Gasteiger charge is 2.35. The molecule has 2 aliphatic rings. The van der Waals surface area contributed by atoms with Crippen molar-refractivity contribution in [3.05, 3.63) is 102 Å². The van der Waals surface area contributed by atoms with Crippen LogP contribution in [0.3, 0.4) is 0 Å². The molecule has 246 valence electrons. The minimum absolute atomic E-state index is 0.269. The van der Waals surface area contributed by atoms with Gasteiger partial charge in [-0.25, -0.2) is 9.97 Å². The van der Waals surface area contributed by atoms with Gasteiger partial charge < -0.3 is 28.4 Å². The van der Waals surface area contributed by atoms with Crippen LogP contribution in [0, 0.1) is 0 Å². The molecule has 5 aromatic rings. The van der Waals surface area contributed by atoms with E-state index in [9.17, 15) is 0 Å². The van der Waals surface area contributed by atoms with Gasteiger partial charge in [0.25, 0.3) is 0 Å². The Kier molecular flexibility index (Phi) is 10.3. The minimum Gasteiger partial charge on any atom is -0.475 e. The summed E-state index contributed by atoms with van der Waals surface area (Å²) in [5.74, 6) is 2.50. The predicted octanol–water partition coefficient (Wildman–Crippen LogP) is 5.92. The molecule has 0 N–H and O–H groups in total. The van der Waals surface area contributed by atoms with Gasteiger partial charge in [0.1, 0.15) is 26.4 Å². The van der Waals surface area contributed by atoms with Crippen LogP contribution in [-0.2, 0) is 9.47 Å². The lowest BCUT2D eigenvalue weighted by molar-refractivity contribution is 0.0713. The molecule has 1 saturated carbocycles. The molecule has 0 unspecified atom stereocenters. The average Bonchev–Trinajstić information content (AvgIpc) is 3.11. The summed E-state index contributed by atoms with van der Waals surface area (Å²) in [6.45, 7) is 2.96. The summed E-state index contributed by atoms with van der Waals surface area (Å²) in [5.41, 5.74) is 5.22. The lowest BCUT2D eigenvalue weighted by Gasteiger charge is -2.36. The van der Waals surface area contributed by atoms with Crippen LogP contribution in [0.1, 0.15) is 36.1 Å². The van der Waals surface area contributed by atoms with Gasteiger partial charge in [0, 0.05) is 47.5 Å². The van der Waals surface area contributed by atoms with Crippen LogP contribution in [0.15, 0.2) is 91.0 Å². The number of nitrogens with zero attached hydrogens (tertiary/aromatic N) is 5. The third-order valence-corrected chi connectivity index (χ3v) is 8.16. The van der Waals surface area contributed by atoms with E-state index in [1.165, 1.54) is 0 Å². The van der Waals surface area contributed by atoms with Crippen LogP contribution in [0.2, 0.25) is 0 Å². The predicted molar refractivity (Wildman–Crippen MR) is 178 cm³/mol. The number of rotatable bonds is 0. The van der Waals surface area contributed by atoms with Crippen molar-refractivity contribution in [1.29, 1.82) is 0 Å². The van der Waals surface area contributed by atoms with Crippen LogP contribution in [0.25, 0.3) is 22.8 Å². The van der Waals surface area contributed by atoms with E-state index < -0.39 is 0 Å². The maximum atomic E-state index is 5.88. The summed E-state index contributed by atoms with van der Waals surface area (Å²) in [6, 6.07) is 29.1. The summed E-state index contributed by atoms with van der Waals surface area (Å²) < 4.78 is 34.6. The SMILES string of the molecule is c1cc2nc(c1)OCCOCCOc1cccc(n1)-c1cccc(n1)[C@@H]1CC[C@@H]1c1cccc(n1)-c1cccc(n1)OCCOCCO2. The van der Waals surface area contributed by atoms with Gasteiger partial charge in [-0.15, -0.1) is 0 Å². The molecular weight excluding hydrogens is 610 g/mol. The van der Waals surface area contributed by atoms with Crippen molar-refractivity contribution >= 4 is 0 Å². The summed E-state index contributed by atoms with van der Waals surface area (Å²) in [7, 11) is 0. The molecule has 0 spiro atoms. The Morgan fingerprint density at radius 3 is 1.08 bits per heavy atom. The van der Waals surface area contributed by atoms with Gasteiger partial charge in [-0.3, -0.25) is 9.97 Å². The molecule has 0 aromatic carbocycles. The Labute approximate surface area is 279 Å². The Morgan fingerprint density at radius 1 is 0.354 bits per heavy atom. The van der Waals surface area contributed by atoms with E-state index in [1.807, 2.05) is 66.7 Å². The van der Waals surface area contributed by atoms with E-state index in [0.29, 0.717) is 76.4 Å². The molecular formula is C37H37N5O6. The standard InChI is InChI=1S/C37H37N5O6/c1-6-28-26-16-17-27(26)29-7-2-9-31(39-29)33-11-4-13-35(41-33)46-23-19-44-21-25-48-37-15-5-14-36(42-37)47-24-20-43-18-22-45-34-12-3-10-32(40-34)30(8-1)38-28/h1-15,26-27H,16-25H2/t26-,27+. The van der Waals surface area contributed by atoms with Crippen LogP contribution < -0.4 is 18.9 Å². The molecule has 1 aliphatic carbocycles. The zero-order valence-electron chi connectivity index (χ0n) is 26.6. The largest absolute Gasteiger partial charge is 0.475 e. The topological polar surface area (TPSA) is 120 Å². The average molecular weight is 648 g/mol. The number of aromatic nitrogens is 5. The van der Waals surface area contributed by atoms with E-state index >= 15 is 0 Å². The van der Waals surface area contributed by atoms with Crippen LogP contribution >= 0.6 is 0 Å². The van der Waals surface area contributed by atoms with E-state index in [1.54, 1.807) is 12.1 Å². The molecule has 6 heterocycles. The molecule has 11 heteroatoms. The molecule has 0 radical (unpaired) electrons. The first-order valence-corrected chi connectivity index (χ1v) is 16.3. The van der Waals surface area contributed by atoms with Gasteiger partial charge in [-0.05, 0) is 49.2 Å². The van der Waals surface area contributed by atoms with E-state index in [2.05, 4.69) is 17.1 Å². The second-order valence-corrected chi connectivity index (χ2v) is 11.3. The van der Waals surface area contributed by atoms with Gasteiger partial charge in [-0.2, -0.15) is 4.98 Å². The lowest BCUT2D eigenvalue weighted by Crippen LogP contribution is -2.24. The van der Waals surface area contributed by atoms with E-state index in [4.69, 9.17) is 48.4 Å². The third-order valence-electron chi connectivity index (χ3n) is 8.16. The van der Waals surface area contributed by atoms with Crippen molar-refractivity contribution in [2.24, 2.45) is 0 Å². The molecule has 0 amide bonds. The van der Waals surface area contributed by atoms with Crippen molar-refractivity contribution in [3.63, 3.8) is 0 Å². The smallest absolute Gasteiger partial charge is 0.216 e. The van der Waals surface area contributed by atoms with Crippen molar-refractivity contribution in [1.82, 2.24) is 24.9 Å². The third kappa shape index (κ3) is 8.04. The zero-order chi connectivity index (χ0) is 32.4. The van der Waals surface area contributed by atoms with Crippen molar-refractivity contribution in [2.45, 2.75) is 24.7 Å². The molecule has 48 heavy (non-hydrogen) atoms. The summed E-state index contributed by atoms with van der Waals surface area (Å²) in [6.07, 6.45) is 2.10. The maximum absolute atomic E-state index is 5.88. The van der Waals surface area contributed by atoms with Gasteiger partial charge >= 0.3 is 0 Å². The van der Waals surface area contributed by atoms with E-state index in [0.717, 1.165) is 47.0 Å². The molecule has 11 nitrogen and oxygen atoms in total. The highest BCUT2D eigenvalue weighted by atomic mass is 16.6. The molecule has 5 aromatic heterocycles. The Hall–Kier alpha value is -5.13. The minimum atomic E-state index is 0.269. The number of ether oxygens (including phenoxy) is 6. The van der Waals surface area contributed by atoms with Crippen molar-refractivity contribution < 1.29 is 28.4 Å². The lowest BCUT2D eigenvalue weighted by atomic mass is 9.70. The second kappa shape index (κ2) is 15.6. The van der Waals surface area contributed by atoms with Crippen LogP contribution in [0.4, 0.5) is 0 Å². The maximum Gasteiger partial charge on any atom is 0.216 e. The summed E-state index contributed by atoms with van der Waals surface area (Å²) in [4.78, 5) is 23.9. The quantitative estimate of drug-likeness (QED) is 0.199. The number of hydrogen-bond donors (Lipinski definition) is 0. The fourth-order valence-corrected chi connectivity index (χ4v) is 5.67. The van der Waals surface area contributed by atoms with Crippen molar-refractivity contribution in [2.75, 3.05) is 52.9 Å². The van der Waals surface area contributed by atoms with Gasteiger partial charge in [0.2, 0.25) is 23.5 Å². The van der Waals surface area contributed by atoms with Crippen molar-refractivity contribution in [3.8, 4) is 46.3 Å². The number of pyridine rings is 5. The Morgan fingerprint density at radius 2 is 0.688 bits per heavy atom. The van der Waals surface area contributed by atoms with Gasteiger partial charge in [0.05, 0.1) is 49.2 Å². The summed E-state index contributed by atoms with van der Waals surface area (Å²) >= 11 is 0. The van der Waals surface area contributed by atoms with Gasteiger partial charge in [-0.1, -0.05) is 30.3 Å². The molecule has 1 aliphatic heterocycles. The molecule has 2 atom stereocenters. The van der Waals surface area contributed by atoms with E-state index in [-0.39, 0.29) is 11.8 Å². The summed E-state index contributed by atoms with van der Waals surface area (Å²) in [5, 5.41) is 0. The number of fused-ring (bicyclic) bond motifs is 15. The first-order chi connectivity index (χ1) is 23.8. The first kappa shape index (κ1) is 31.5. The molecule has 10 bridgehead atoms. The Bertz CT molecular complexity index is 1680. The van der Waals surface area contributed by atoms with Gasteiger partial charge in [0.15, 0.2) is 0 Å². The fraction of sp³-hybridized carbons (Fsp3) is 0.324. The zero-order valence-corrected chi connectivity index (χ0v) is 26.6. The Balaban J connectivity index is 1.07. The number of hydrogen-bond acceptors (Lipinski definition) is 11.